The Morgan fingerprint density at radius 2 is 2.06 bits per heavy atom. The first-order valence-electron chi connectivity index (χ1n) is 4.70. The first kappa shape index (κ1) is 12.9. The van der Waals surface area contributed by atoms with Crippen molar-refractivity contribution in [2.75, 3.05) is 0 Å². The van der Waals surface area contributed by atoms with E-state index in [1.165, 1.54) is 0 Å². The highest BCUT2D eigenvalue weighted by molar-refractivity contribution is 6.67. The van der Waals surface area contributed by atoms with E-state index >= 15 is 0 Å². The first-order valence-corrected chi connectivity index (χ1v) is 5.46. The van der Waals surface area contributed by atoms with E-state index < -0.39 is 5.24 Å². The third kappa shape index (κ3) is 3.19. The minimum atomic E-state index is -0.471. The van der Waals surface area contributed by atoms with Gasteiger partial charge in [-0.3, -0.25) is 9.79 Å². The van der Waals surface area contributed by atoms with Crippen LogP contribution in [0.1, 0.15) is 28.4 Å². The Labute approximate surface area is 105 Å². The smallest absolute Gasteiger partial charge is 0.252 e. The molecule has 84 valence electrons. The molecule has 0 spiro atoms. The number of aliphatic imine (C=N–C) groups is 1. The number of carbonyl (C=O) groups excluding carboxylic acids is 1. The highest BCUT2D eigenvalue weighted by atomic mass is 35.5. The fourth-order valence-electron chi connectivity index (χ4n) is 1.26. The molecule has 0 aliphatic rings. The fraction of sp³-hybridized carbons (Fsp3) is 0.167. The van der Waals surface area contributed by atoms with Gasteiger partial charge in [-0.15, -0.1) is 0 Å². The van der Waals surface area contributed by atoms with Crippen LogP contribution in [0.3, 0.4) is 0 Å². The number of benzene rings is 1. The second-order valence-electron chi connectivity index (χ2n) is 3.19. The van der Waals surface area contributed by atoms with Crippen molar-refractivity contribution in [2.45, 2.75) is 13.8 Å². The van der Waals surface area contributed by atoms with Gasteiger partial charge in [-0.25, -0.2) is 0 Å². The normalized spacial score (nSPS) is 12.1. The molecule has 0 fully saturated rings. The van der Waals surface area contributed by atoms with Crippen LogP contribution in [0.15, 0.2) is 29.4 Å². The highest BCUT2D eigenvalue weighted by Gasteiger charge is 2.06. The van der Waals surface area contributed by atoms with Gasteiger partial charge in [0.25, 0.3) is 5.24 Å². The molecule has 1 aromatic carbocycles. The van der Waals surface area contributed by atoms with Gasteiger partial charge in [-0.2, -0.15) is 0 Å². The SMILES string of the molecule is CC=N/C=C(/Cl)c1ccc(C(=O)Cl)cc1C. The van der Waals surface area contributed by atoms with Gasteiger partial charge in [0.05, 0.1) is 5.03 Å². The van der Waals surface area contributed by atoms with Crippen molar-refractivity contribution in [3.8, 4) is 0 Å². The predicted octanol–water partition coefficient (Wildman–Crippen LogP) is 4.00. The van der Waals surface area contributed by atoms with Crippen molar-refractivity contribution in [3.05, 3.63) is 41.1 Å². The number of hydrogen-bond donors (Lipinski definition) is 0. The summed E-state index contributed by atoms with van der Waals surface area (Å²) in [6, 6.07) is 5.11. The van der Waals surface area contributed by atoms with E-state index in [0.717, 1.165) is 11.1 Å². The number of rotatable bonds is 3. The van der Waals surface area contributed by atoms with Crippen LogP contribution in [0, 0.1) is 6.92 Å². The summed E-state index contributed by atoms with van der Waals surface area (Å²) in [4.78, 5) is 14.9. The Morgan fingerprint density at radius 3 is 2.56 bits per heavy atom. The second kappa shape index (κ2) is 5.83. The Hall–Kier alpha value is -1.12. The number of hydrogen-bond acceptors (Lipinski definition) is 2. The molecule has 1 aromatic rings. The summed E-state index contributed by atoms with van der Waals surface area (Å²) in [6.07, 6.45) is 3.21. The topological polar surface area (TPSA) is 29.4 Å². The number of aryl methyl sites for hydroxylation is 1. The van der Waals surface area contributed by atoms with Crippen LogP contribution in [0.2, 0.25) is 0 Å². The maximum absolute atomic E-state index is 10.9. The average Bonchev–Trinajstić information content (AvgIpc) is 2.25. The van der Waals surface area contributed by atoms with Crippen LogP contribution in [0.5, 0.6) is 0 Å². The molecule has 0 atom stereocenters. The minimum absolute atomic E-state index is 0.464. The first-order chi connectivity index (χ1) is 7.56. The molecule has 0 N–H and O–H groups in total. The van der Waals surface area contributed by atoms with Gasteiger partial charge in [0.2, 0.25) is 0 Å². The monoisotopic (exact) mass is 255 g/mol. The van der Waals surface area contributed by atoms with Gasteiger partial charge in [-0.1, -0.05) is 17.7 Å². The molecule has 0 heterocycles. The van der Waals surface area contributed by atoms with E-state index in [0.29, 0.717) is 10.6 Å². The second-order valence-corrected chi connectivity index (χ2v) is 3.94. The molecule has 4 heteroatoms. The zero-order valence-electron chi connectivity index (χ0n) is 9.00. The predicted molar refractivity (Wildman–Crippen MR) is 69.4 cm³/mol. The zero-order valence-corrected chi connectivity index (χ0v) is 10.5. The summed E-state index contributed by atoms with van der Waals surface area (Å²) < 4.78 is 0. The van der Waals surface area contributed by atoms with Crippen LogP contribution in [0.4, 0.5) is 0 Å². The molecular formula is C12H11Cl2NO. The molecule has 0 aliphatic carbocycles. The molecule has 0 radical (unpaired) electrons. The van der Waals surface area contributed by atoms with E-state index in [2.05, 4.69) is 4.99 Å². The fourth-order valence-corrected chi connectivity index (χ4v) is 1.65. The summed E-state index contributed by atoms with van der Waals surface area (Å²) in [5.74, 6) is 0. The number of halogens is 2. The largest absolute Gasteiger partial charge is 0.276 e. The Bertz CT molecular complexity index is 464. The third-order valence-corrected chi connectivity index (χ3v) is 2.57. The Balaban J connectivity index is 3.13. The Kier molecular flexibility index (Phi) is 4.71. The zero-order chi connectivity index (χ0) is 12.1. The van der Waals surface area contributed by atoms with Gasteiger partial charge in [0.1, 0.15) is 0 Å². The maximum Gasteiger partial charge on any atom is 0.252 e. The standard InChI is InChI=1S/C12H11Cl2NO/c1-3-15-7-11(13)10-5-4-9(12(14)16)6-8(10)2/h3-7H,1-2H3/b11-7+,15-3?. The van der Waals surface area contributed by atoms with Crippen LogP contribution < -0.4 is 0 Å². The van der Waals surface area contributed by atoms with Crippen molar-refractivity contribution < 1.29 is 4.79 Å². The Morgan fingerprint density at radius 1 is 1.38 bits per heavy atom. The molecule has 0 amide bonds. The van der Waals surface area contributed by atoms with Gasteiger partial charge in [-0.05, 0) is 48.7 Å². The molecule has 0 bridgehead atoms. The molecular weight excluding hydrogens is 245 g/mol. The molecule has 2 nitrogen and oxygen atoms in total. The number of carbonyl (C=O) groups is 1. The summed E-state index contributed by atoms with van der Waals surface area (Å²) >= 11 is 11.4. The van der Waals surface area contributed by atoms with Crippen molar-refractivity contribution in [2.24, 2.45) is 4.99 Å². The lowest BCUT2D eigenvalue weighted by molar-refractivity contribution is 0.108. The van der Waals surface area contributed by atoms with E-state index in [9.17, 15) is 4.79 Å². The molecule has 1 rings (SSSR count). The summed E-state index contributed by atoms with van der Waals surface area (Å²) in [6.45, 7) is 3.67. The quantitative estimate of drug-likeness (QED) is 0.593. The molecule has 0 saturated carbocycles. The lowest BCUT2D eigenvalue weighted by Gasteiger charge is -2.04. The van der Waals surface area contributed by atoms with Crippen LogP contribution in [-0.4, -0.2) is 11.5 Å². The summed E-state index contributed by atoms with van der Waals surface area (Å²) in [5, 5.41) is 0.0607. The van der Waals surface area contributed by atoms with E-state index in [1.807, 2.05) is 13.8 Å². The lowest BCUT2D eigenvalue weighted by atomic mass is 10.1. The van der Waals surface area contributed by atoms with Gasteiger partial charge in [0.15, 0.2) is 0 Å². The highest BCUT2D eigenvalue weighted by Crippen LogP contribution is 2.24. The molecule has 0 saturated heterocycles. The van der Waals surface area contributed by atoms with Crippen molar-refractivity contribution >= 4 is 39.7 Å². The average molecular weight is 256 g/mol. The summed E-state index contributed by atoms with van der Waals surface area (Å²) in [7, 11) is 0. The van der Waals surface area contributed by atoms with E-state index in [4.69, 9.17) is 23.2 Å². The van der Waals surface area contributed by atoms with Crippen molar-refractivity contribution in [1.29, 1.82) is 0 Å². The van der Waals surface area contributed by atoms with Crippen LogP contribution in [-0.2, 0) is 0 Å². The van der Waals surface area contributed by atoms with E-state index in [1.54, 1.807) is 30.6 Å². The summed E-state index contributed by atoms with van der Waals surface area (Å²) in [5.41, 5.74) is 2.19. The van der Waals surface area contributed by atoms with Crippen LogP contribution in [0.25, 0.3) is 5.03 Å². The van der Waals surface area contributed by atoms with Gasteiger partial charge >= 0.3 is 0 Å². The molecule has 16 heavy (non-hydrogen) atoms. The van der Waals surface area contributed by atoms with Crippen molar-refractivity contribution in [3.63, 3.8) is 0 Å². The van der Waals surface area contributed by atoms with Crippen LogP contribution >= 0.6 is 23.2 Å². The molecule has 0 unspecified atom stereocenters. The lowest BCUT2D eigenvalue weighted by Crippen LogP contribution is -1.92. The molecule has 0 aliphatic heterocycles. The molecule has 0 aromatic heterocycles. The van der Waals surface area contributed by atoms with Gasteiger partial charge in [0, 0.05) is 18.0 Å². The van der Waals surface area contributed by atoms with E-state index in [-0.39, 0.29) is 0 Å². The minimum Gasteiger partial charge on any atom is -0.276 e. The van der Waals surface area contributed by atoms with Gasteiger partial charge < -0.3 is 0 Å². The van der Waals surface area contributed by atoms with Crippen molar-refractivity contribution in [1.82, 2.24) is 0 Å². The number of nitrogens with zero attached hydrogens (tertiary/aromatic N) is 1. The maximum atomic E-state index is 10.9. The third-order valence-electron chi connectivity index (χ3n) is 2.05.